The number of carbonyl (C=O) groups excluding carboxylic acids is 2. The first-order valence-corrected chi connectivity index (χ1v) is 9.32. The van der Waals surface area contributed by atoms with Crippen LogP contribution in [0.3, 0.4) is 0 Å². The van der Waals surface area contributed by atoms with Gasteiger partial charge in [0.05, 0.1) is 11.5 Å². The first kappa shape index (κ1) is 16.8. The maximum absolute atomic E-state index is 13.6. The molecule has 1 unspecified atom stereocenters. The van der Waals surface area contributed by atoms with Crippen molar-refractivity contribution in [2.75, 3.05) is 16.8 Å². The molecule has 24 heavy (non-hydrogen) atoms. The molecule has 6 nitrogen and oxygen atoms in total. The zero-order valence-corrected chi connectivity index (χ0v) is 13.5. The monoisotopic (exact) mass is 358 g/mol. The van der Waals surface area contributed by atoms with Crippen LogP contribution in [0.25, 0.3) is 0 Å². The minimum Gasteiger partial charge on any atom is -0.351 e. The van der Waals surface area contributed by atoms with E-state index >= 15 is 0 Å². The van der Waals surface area contributed by atoms with Crippen LogP contribution in [-0.4, -0.2) is 37.8 Å². The fourth-order valence-electron chi connectivity index (χ4n) is 2.77. The molecule has 1 aromatic carbocycles. The zero-order chi connectivity index (χ0) is 17.5. The van der Waals surface area contributed by atoms with E-state index in [-0.39, 0.29) is 24.3 Å². The highest BCUT2D eigenvalue weighted by atomic mass is 32.2. The van der Waals surface area contributed by atoms with E-state index in [4.69, 9.17) is 0 Å². The summed E-state index contributed by atoms with van der Waals surface area (Å²) in [5, 5.41) is 4.70. The Hall–Kier alpha value is -2.03. The highest BCUT2D eigenvalue weighted by molar-refractivity contribution is 7.91. The van der Waals surface area contributed by atoms with Crippen LogP contribution in [-0.2, 0) is 19.4 Å². The summed E-state index contributed by atoms with van der Waals surface area (Å²) in [5.74, 6) is -3.40. The van der Waals surface area contributed by atoms with E-state index in [0.717, 1.165) is 12.1 Å². The number of nitrogens with one attached hydrogen (secondary N) is 2. The molecule has 1 aliphatic carbocycles. The Kier molecular flexibility index (Phi) is 4.06. The molecule has 9 heteroatoms. The molecule has 0 radical (unpaired) electrons. The number of amides is 2. The molecule has 2 amide bonds. The number of halogens is 2. The summed E-state index contributed by atoms with van der Waals surface area (Å²) in [4.78, 5) is 24.7. The second kappa shape index (κ2) is 5.80. The molecule has 1 saturated carbocycles. The van der Waals surface area contributed by atoms with Crippen LogP contribution in [0.2, 0.25) is 0 Å². The minimum atomic E-state index is -3.16. The van der Waals surface area contributed by atoms with Gasteiger partial charge >= 0.3 is 0 Å². The third kappa shape index (κ3) is 3.12. The zero-order valence-electron chi connectivity index (χ0n) is 12.6. The highest BCUT2D eigenvalue weighted by Crippen LogP contribution is 2.47. The standard InChI is InChI=1S/C15H16F2N2O4S/c16-10-2-1-3-11(17)12(10)19-14(21)15(5-6-15)13(20)18-9-4-7-24(22,23)8-9/h1-3,9H,4-8H2,(H,18,20)(H,19,21). The van der Waals surface area contributed by atoms with E-state index in [0.29, 0.717) is 6.42 Å². The maximum Gasteiger partial charge on any atom is 0.240 e. The minimum absolute atomic E-state index is 0.00240. The van der Waals surface area contributed by atoms with Gasteiger partial charge in [0.15, 0.2) is 9.84 Å². The first-order chi connectivity index (χ1) is 11.2. The number of benzene rings is 1. The van der Waals surface area contributed by atoms with E-state index in [1.807, 2.05) is 0 Å². The third-order valence-corrected chi connectivity index (χ3v) is 6.16. The second-order valence-corrected chi connectivity index (χ2v) is 8.44. The Morgan fingerprint density at radius 2 is 1.75 bits per heavy atom. The smallest absolute Gasteiger partial charge is 0.240 e. The predicted octanol–water partition coefficient (Wildman–Crippen LogP) is 0.987. The van der Waals surface area contributed by atoms with E-state index in [1.54, 1.807) is 0 Å². The van der Waals surface area contributed by atoms with E-state index in [2.05, 4.69) is 10.6 Å². The van der Waals surface area contributed by atoms with Crippen molar-refractivity contribution in [2.24, 2.45) is 5.41 Å². The van der Waals surface area contributed by atoms with Gasteiger partial charge in [-0.3, -0.25) is 9.59 Å². The molecular weight excluding hydrogens is 342 g/mol. The molecule has 2 fully saturated rings. The van der Waals surface area contributed by atoms with Gasteiger partial charge in [-0.05, 0) is 31.4 Å². The van der Waals surface area contributed by atoms with E-state index in [1.165, 1.54) is 6.07 Å². The van der Waals surface area contributed by atoms with Gasteiger partial charge in [0, 0.05) is 6.04 Å². The van der Waals surface area contributed by atoms with Gasteiger partial charge in [0.2, 0.25) is 11.8 Å². The number of hydrogen-bond donors (Lipinski definition) is 2. The molecule has 2 N–H and O–H groups in total. The van der Waals surface area contributed by atoms with Gasteiger partial charge < -0.3 is 10.6 Å². The van der Waals surface area contributed by atoms with Gasteiger partial charge in [-0.25, -0.2) is 17.2 Å². The van der Waals surface area contributed by atoms with Crippen LogP contribution in [0, 0.1) is 17.0 Å². The van der Waals surface area contributed by atoms with Crippen LogP contribution < -0.4 is 10.6 Å². The van der Waals surface area contributed by atoms with Crippen molar-refractivity contribution in [1.29, 1.82) is 0 Å². The van der Waals surface area contributed by atoms with Crippen molar-refractivity contribution in [3.8, 4) is 0 Å². The molecule has 130 valence electrons. The van der Waals surface area contributed by atoms with Crippen molar-refractivity contribution in [1.82, 2.24) is 5.32 Å². The lowest BCUT2D eigenvalue weighted by molar-refractivity contribution is -0.134. The summed E-state index contributed by atoms with van der Waals surface area (Å²) in [6, 6.07) is 2.64. The molecule has 1 aromatic rings. The quantitative estimate of drug-likeness (QED) is 0.785. The van der Waals surface area contributed by atoms with Crippen molar-refractivity contribution in [3.05, 3.63) is 29.8 Å². The average molecular weight is 358 g/mol. The topological polar surface area (TPSA) is 92.3 Å². The van der Waals surface area contributed by atoms with Crippen molar-refractivity contribution in [2.45, 2.75) is 25.3 Å². The van der Waals surface area contributed by atoms with Crippen molar-refractivity contribution in [3.63, 3.8) is 0 Å². The number of sulfone groups is 1. The van der Waals surface area contributed by atoms with Crippen LogP contribution in [0.4, 0.5) is 14.5 Å². The predicted molar refractivity (Wildman–Crippen MR) is 81.9 cm³/mol. The summed E-state index contributed by atoms with van der Waals surface area (Å²) in [5.41, 5.74) is -1.98. The lowest BCUT2D eigenvalue weighted by Gasteiger charge is -2.18. The summed E-state index contributed by atoms with van der Waals surface area (Å²) in [6.45, 7) is 0. The molecule has 2 aliphatic rings. The third-order valence-electron chi connectivity index (χ3n) is 4.39. The van der Waals surface area contributed by atoms with Crippen LogP contribution in [0.1, 0.15) is 19.3 Å². The summed E-state index contributed by atoms with van der Waals surface area (Å²) in [7, 11) is -3.16. The molecule has 1 atom stereocenters. The lowest BCUT2D eigenvalue weighted by atomic mass is 10.0. The number of rotatable bonds is 4. The van der Waals surface area contributed by atoms with Gasteiger partial charge in [-0.15, -0.1) is 0 Å². The van der Waals surface area contributed by atoms with Gasteiger partial charge in [-0.2, -0.15) is 0 Å². The van der Waals surface area contributed by atoms with Gasteiger partial charge in [-0.1, -0.05) is 6.07 Å². The second-order valence-electron chi connectivity index (χ2n) is 6.21. The van der Waals surface area contributed by atoms with E-state index in [9.17, 15) is 26.8 Å². The van der Waals surface area contributed by atoms with E-state index < -0.39 is 50.4 Å². The molecule has 1 heterocycles. The van der Waals surface area contributed by atoms with Crippen molar-refractivity contribution < 1.29 is 26.8 Å². The molecule has 0 spiro atoms. The number of anilines is 1. The van der Waals surface area contributed by atoms with Crippen LogP contribution in [0.15, 0.2) is 18.2 Å². The lowest BCUT2D eigenvalue weighted by Crippen LogP contribution is -2.45. The Labute approximate surface area is 137 Å². The SMILES string of the molecule is O=C(Nc1c(F)cccc1F)C1(C(=O)NC2CCS(=O)(=O)C2)CC1. The Bertz CT molecular complexity index is 785. The maximum atomic E-state index is 13.6. The molecule has 0 aromatic heterocycles. The highest BCUT2D eigenvalue weighted by Gasteiger charge is 2.57. The van der Waals surface area contributed by atoms with Crippen LogP contribution in [0.5, 0.6) is 0 Å². The number of carbonyl (C=O) groups is 2. The number of hydrogen-bond acceptors (Lipinski definition) is 4. The number of para-hydroxylation sites is 1. The van der Waals surface area contributed by atoms with Gasteiger partial charge in [0.25, 0.3) is 0 Å². The fourth-order valence-corrected chi connectivity index (χ4v) is 4.44. The Morgan fingerprint density at radius 1 is 1.12 bits per heavy atom. The molecule has 1 saturated heterocycles. The normalized spacial score (nSPS) is 23.5. The molecule has 3 rings (SSSR count). The molecule has 0 bridgehead atoms. The summed E-state index contributed by atoms with van der Waals surface area (Å²) >= 11 is 0. The summed E-state index contributed by atoms with van der Waals surface area (Å²) < 4.78 is 50.1. The summed E-state index contributed by atoms with van der Waals surface area (Å²) in [6.07, 6.45) is 0.800. The first-order valence-electron chi connectivity index (χ1n) is 7.50. The fraction of sp³-hybridized carbons (Fsp3) is 0.467. The molecular formula is C15H16F2N2O4S. The van der Waals surface area contributed by atoms with Gasteiger partial charge in [0.1, 0.15) is 22.7 Å². The molecule has 1 aliphatic heterocycles. The van der Waals surface area contributed by atoms with Crippen molar-refractivity contribution >= 4 is 27.3 Å². The Balaban J connectivity index is 1.69. The average Bonchev–Trinajstić information content (AvgIpc) is 3.24. The largest absolute Gasteiger partial charge is 0.351 e. The van der Waals surface area contributed by atoms with Crippen LogP contribution >= 0.6 is 0 Å². The Morgan fingerprint density at radius 3 is 2.25 bits per heavy atom.